The van der Waals surface area contributed by atoms with E-state index in [1.165, 1.54) is 18.2 Å². The average molecular weight is 333 g/mol. The van der Waals surface area contributed by atoms with Crippen molar-refractivity contribution in [2.24, 2.45) is 0 Å². The fourth-order valence-electron chi connectivity index (χ4n) is 1.77. The summed E-state index contributed by atoms with van der Waals surface area (Å²) in [7, 11) is 0. The highest BCUT2D eigenvalue weighted by molar-refractivity contribution is 5.66. The third-order valence-corrected chi connectivity index (χ3v) is 2.81. The second-order valence-electron chi connectivity index (χ2n) is 4.33. The molecular formula is C13H7N3O8. The lowest BCUT2D eigenvalue weighted by Gasteiger charge is -2.05. The maximum Gasteiger partial charge on any atom is 0.325 e. The van der Waals surface area contributed by atoms with Gasteiger partial charge in [-0.3, -0.25) is 35.1 Å². The van der Waals surface area contributed by atoms with Crippen LogP contribution >= 0.6 is 0 Å². The van der Waals surface area contributed by atoms with E-state index < -0.39 is 48.8 Å². The number of rotatable bonds is 5. The molecule has 2 aromatic rings. The van der Waals surface area contributed by atoms with Crippen LogP contribution in [-0.2, 0) is 0 Å². The van der Waals surface area contributed by atoms with Gasteiger partial charge in [0.2, 0.25) is 5.43 Å². The summed E-state index contributed by atoms with van der Waals surface area (Å²) in [5.74, 6) is -1.26. The molecule has 11 heteroatoms. The van der Waals surface area contributed by atoms with Crippen molar-refractivity contribution in [3.05, 3.63) is 83.0 Å². The Morgan fingerprint density at radius 1 is 0.792 bits per heavy atom. The van der Waals surface area contributed by atoms with Crippen LogP contribution in [0.3, 0.4) is 0 Å². The van der Waals surface area contributed by atoms with Crippen LogP contribution < -0.4 is 10.2 Å². The molecule has 0 amide bonds. The maximum atomic E-state index is 11.8. The Labute approximate surface area is 132 Å². The molecule has 11 nitrogen and oxygen atoms in total. The fourth-order valence-corrected chi connectivity index (χ4v) is 1.77. The Balaban J connectivity index is 2.74. The zero-order valence-electron chi connectivity index (χ0n) is 11.6. The molecule has 0 aliphatic carbocycles. The number of non-ortho nitro benzene ring substituents is 1. The molecule has 0 atom stereocenters. The molecule has 0 radical (unpaired) electrons. The first kappa shape index (κ1) is 16.5. The molecule has 0 aromatic heterocycles. The van der Waals surface area contributed by atoms with Gasteiger partial charge in [-0.25, -0.2) is 0 Å². The molecule has 122 valence electrons. The van der Waals surface area contributed by atoms with E-state index in [-0.39, 0.29) is 0 Å². The Hall–Kier alpha value is -3.89. The van der Waals surface area contributed by atoms with Gasteiger partial charge in [-0.1, -0.05) is 18.2 Å². The largest absolute Gasteiger partial charge is 0.440 e. The number of ether oxygens (including phenoxy) is 1. The lowest BCUT2D eigenvalue weighted by atomic mass is 10.2. The van der Waals surface area contributed by atoms with E-state index >= 15 is 0 Å². The highest BCUT2D eigenvalue weighted by atomic mass is 16.6. The van der Waals surface area contributed by atoms with E-state index in [1.54, 1.807) is 0 Å². The molecule has 0 unspecified atom stereocenters. The van der Waals surface area contributed by atoms with Crippen molar-refractivity contribution in [3.63, 3.8) is 0 Å². The van der Waals surface area contributed by atoms with Gasteiger partial charge in [0.05, 0.1) is 26.9 Å². The highest BCUT2D eigenvalue weighted by Crippen LogP contribution is 2.42. The molecule has 2 rings (SSSR count). The minimum Gasteiger partial charge on any atom is -0.440 e. The summed E-state index contributed by atoms with van der Waals surface area (Å²) in [6.07, 6.45) is 0. The van der Waals surface area contributed by atoms with Gasteiger partial charge in [-0.15, -0.1) is 0 Å². The number of hydrogen-bond acceptors (Lipinski definition) is 8. The van der Waals surface area contributed by atoms with Crippen molar-refractivity contribution in [1.82, 2.24) is 0 Å². The quantitative estimate of drug-likeness (QED) is 0.596. The van der Waals surface area contributed by atoms with Gasteiger partial charge in [-0.05, 0) is 12.1 Å². The summed E-state index contributed by atoms with van der Waals surface area (Å²) in [6, 6.07) is 7.56. The van der Waals surface area contributed by atoms with Gasteiger partial charge in [0.25, 0.3) is 11.4 Å². The molecule has 0 bridgehead atoms. The lowest BCUT2D eigenvalue weighted by Crippen LogP contribution is -2.05. The summed E-state index contributed by atoms with van der Waals surface area (Å²) in [5.41, 5.74) is -3.52. The predicted molar refractivity (Wildman–Crippen MR) is 79.2 cm³/mol. The number of benzene rings is 1. The Bertz CT molecular complexity index is 877. The first-order chi connectivity index (χ1) is 11.3. The molecule has 0 aliphatic heterocycles. The van der Waals surface area contributed by atoms with Crippen LogP contribution in [0.4, 0.5) is 17.1 Å². The Morgan fingerprint density at radius 2 is 1.33 bits per heavy atom. The van der Waals surface area contributed by atoms with Crippen molar-refractivity contribution < 1.29 is 19.5 Å². The van der Waals surface area contributed by atoms with Crippen molar-refractivity contribution >= 4 is 17.1 Å². The highest BCUT2D eigenvalue weighted by Gasteiger charge is 2.32. The van der Waals surface area contributed by atoms with Crippen molar-refractivity contribution in [2.75, 3.05) is 0 Å². The van der Waals surface area contributed by atoms with Crippen LogP contribution in [0.2, 0.25) is 0 Å². The first-order valence-electron chi connectivity index (χ1n) is 6.19. The molecule has 0 fully saturated rings. The van der Waals surface area contributed by atoms with Gasteiger partial charge >= 0.3 is 11.4 Å². The standard InChI is InChI=1S/C13H7N3O8/c17-11-4-2-1-3-5-12(11)24-13-9(15(20)21)6-8(14(18)19)7-10(13)16(22)23/h1-7H. The van der Waals surface area contributed by atoms with E-state index in [1.807, 2.05) is 0 Å². The molecule has 0 saturated heterocycles. The molecule has 0 spiro atoms. The number of nitro benzene ring substituents is 3. The van der Waals surface area contributed by atoms with E-state index in [0.29, 0.717) is 12.1 Å². The first-order valence-corrected chi connectivity index (χ1v) is 6.19. The molecule has 2 aromatic carbocycles. The summed E-state index contributed by atoms with van der Waals surface area (Å²) in [4.78, 5) is 41.7. The SMILES string of the molecule is O=c1cccccc1Oc1c([N+](=O)[O-])cc([N+](=O)[O-])cc1[N+](=O)[O-]. The van der Waals surface area contributed by atoms with Gasteiger partial charge in [-0.2, -0.15) is 0 Å². The zero-order valence-corrected chi connectivity index (χ0v) is 11.6. The molecule has 0 heterocycles. The van der Waals surface area contributed by atoms with Gasteiger partial charge in [0, 0.05) is 0 Å². The van der Waals surface area contributed by atoms with Crippen molar-refractivity contribution in [1.29, 1.82) is 0 Å². The van der Waals surface area contributed by atoms with Crippen LogP contribution in [0.1, 0.15) is 0 Å². The Morgan fingerprint density at radius 3 is 1.83 bits per heavy atom. The van der Waals surface area contributed by atoms with E-state index in [2.05, 4.69) is 0 Å². The smallest absolute Gasteiger partial charge is 0.325 e. The van der Waals surface area contributed by atoms with E-state index in [0.717, 1.165) is 12.1 Å². The van der Waals surface area contributed by atoms with E-state index in [4.69, 9.17) is 4.74 Å². The second kappa shape index (κ2) is 6.48. The van der Waals surface area contributed by atoms with Crippen molar-refractivity contribution in [2.45, 2.75) is 0 Å². The molecule has 24 heavy (non-hydrogen) atoms. The lowest BCUT2D eigenvalue weighted by molar-refractivity contribution is -0.404. The third-order valence-electron chi connectivity index (χ3n) is 2.81. The van der Waals surface area contributed by atoms with Gasteiger partial charge in [0.1, 0.15) is 0 Å². The van der Waals surface area contributed by atoms with Crippen LogP contribution in [0.25, 0.3) is 0 Å². The van der Waals surface area contributed by atoms with Crippen LogP contribution in [-0.4, -0.2) is 14.8 Å². The topological polar surface area (TPSA) is 156 Å². The minimum atomic E-state index is -1.07. The number of hydrogen-bond donors (Lipinski definition) is 0. The molecule has 0 N–H and O–H groups in total. The van der Waals surface area contributed by atoms with Crippen LogP contribution in [0, 0.1) is 30.3 Å². The predicted octanol–water partition coefficient (Wildman–Crippen LogP) is 2.56. The third kappa shape index (κ3) is 3.30. The normalized spacial score (nSPS) is 10.0. The molecular weight excluding hydrogens is 326 g/mol. The summed E-state index contributed by atoms with van der Waals surface area (Å²) < 4.78 is 5.07. The number of nitro groups is 3. The number of nitrogens with zero attached hydrogens (tertiary/aromatic N) is 3. The fraction of sp³-hybridized carbons (Fsp3) is 0. The van der Waals surface area contributed by atoms with Crippen LogP contribution in [0.5, 0.6) is 11.5 Å². The Kier molecular flexibility index (Phi) is 4.45. The monoisotopic (exact) mass is 333 g/mol. The second-order valence-corrected chi connectivity index (χ2v) is 4.33. The average Bonchev–Trinajstić information content (AvgIpc) is 2.71. The van der Waals surface area contributed by atoms with E-state index in [9.17, 15) is 35.1 Å². The summed E-state index contributed by atoms with van der Waals surface area (Å²) in [6.45, 7) is 0. The minimum absolute atomic E-state index is 0.403. The maximum absolute atomic E-state index is 11.8. The molecule has 0 saturated carbocycles. The van der Waals surface area contributed by atoms with Gasteiger partial charge in [0.15, 0.2) is 5.75 Å². The van der Waals surface area contributed by atoms with Crippen molar-refractivity contribution in [3.8, 4) is 11.5 Å². The van der Waals surface area contributed by atoms with Gasteiger partial charge < -0.3 is 4.74 Å². The van der Waals surface area contributed by atoms with Crippen LogP contribution in [0.15, 0.2) is 47.3 Å². The molecule has 0 aliphatic rings. The summed E-state index contributed by atoms with van der Waals surface area (Å²) >= 11 is 0. The summed E-state index contributed by atoms with van der Waals surface area (Å²) in [5, 5.41) is 33.0. The zero-order chi connectivity index (χ0) is 17.9.